The number of hydrogen-bond donors (Lipinski definition) is 2. The van der Waals surface area contributed by atoms with Crippen LogP contribution in [0.15, 0.2) is 66.7 Å². The van der Waals surface area contributed by atoms with E-state index in [-0.39, 0.29) is 17.7 Å². The number of aromatic hydroxyl groups is 1. The Hall–Kier alpha value is -4.46. The van der Waals surface area contributed by atoms with Crippen molar-refractivity contribution in [1.29, 1.82) is 0 Å². The van der Waals surface area contributed by atoms with Crippen molar-refractivity contribution in [1.82, 2.24) is 15.1 Å². The average Bonchev–Trinajstić information content (AvgIpc) is 3.46. The van der Waals surface area contributed by atoms with E-state index in [0.717, 1.165) is 28.0 Å². The van der Waals surface area contributed by atoms with Crippen LogP contribution in [0.2, 0.25) is 0 Å². The molecular formula is C28H27N3O5. The second-order valence-electron chi connectivity index (χ2n) is 8.52. The highest BCUT2D eigenvalue weighted by molar-refractivity contribution is 6.00. The Labute approximate surface area is 209 Å². The van der Waals surface area contributed by atoms with Crippen LogP contribution in [-0.2, 0) is 6.42 Å². The highest BCUT2D eigenvalue weighted by Gasteiger charge is 2.41. The lowest BCUT2D eigenvalue weighted by molar-refractivity contribution is 0.0746. The lowest BCUT2D eigenvalue weighted by Crippen LogP contribution is -2.31. The first-order valence-corrected chi connectivity index (χ1v) is 11.6. The molecule has 0 fully saturated rings. The number of aromatic amines is 1. The highest BCUT2D eigenvalue weighted by Crippen LogP contribution is 2.43. The molecule has 0 radical (unpaired) electrons. The molecule has 0 saturated carbocycles. The number of ether oxygens (including phenoxy) is 3. The molecule has 1 amide bonds. The van der Waals surface area contributed by atoms with Gasteiger partial charge in [0, 0.05) is 17.7 Å². The number of nitrogens with one attached hydrogen (secondary N) is 1. The number of methoxy groups -OCH3 is 3. The van der Waals surface area contributed by atoms with Crippen LogP contribution in [0.4, 0.5) is 0 Å². The first-order valence-electron chi connectivity index (χ1n) is 11.6. The summed E-state index contributed by atoms with van der Waals surface area (Å²) >= 11 is 0. The van der Waals surface area contributed by atoms with Crippen LogP contribution in [0.5, 0.6) is 23.0 Å². The van der Waals surface area contributed by atoms with E-state index < -0.39 is 0 Å². The molecule has 0 spiro atoms. The summed E-state index contributed by atoms with van der Waals surface area (Å²) in [7, 11) is 4.83. The summed E-state index contributed by atoms with van der Waals surface area (Å²) in [5.41, 5.74) is 4.81. The van der Waals surface area contributed by atoms with Crippen molar-refractivity contribution in [2.75, 3.05) is 27.9 Å². The minimum Gasteiger partial charge on any atom is -0.508 e. The molecule has 2 heterocycles. The predicted molar refractivity (Wildman–Crippen MR) is 135 cm³/mol. The lowest BCUT2D eigenvalue weighted by atomic mass is 9.95. The van der Waals surface area contributed by atoms with Crippen LogP contribution in [-0.4, -0.2) is 54.0 Å². The molecule has 1 atom stereocenters. The Morgan fingerprint density at radius 3 is 2.31 bits per heavy atom. The van der Waals surface area contributed by atoms with E-state index in [1.54, 1.807) is 33.5 Å². The topological polar surface area (TPSA) is 96.9 Å². The molecule has 4 aromatic rings. The summed E-state index contributed by atoms with van der Waals surface area (Å²) in [5, 5.41) is 17.4. The van der Waals surface area contributed by atoms with Crippen molar-refractivity contribution in [2.45, 2.75) is 12.5 Å². The second-order valence-corrected chi connectivity index (χ2v) is 8.52. The van der Waals surface area contributed by atoms with Crippen LogP contribution in [0, 0.1) is 0 Å². The third kappa shape index (κ3) is 4.11. The van der Waals surface area contributed by atoms with E-state index in [2.05, 4.69) is 10.2 Å². The number of aromatic nitrogens is 2. The third-order valence-corrected chi connectivity index (χ3v) is 6.53. The van der Waals surface area contributed by atoms with Gasteiger partial charge in [-0.05, 0) is 66.1 Å². The van der Waals surface area contributed by atoms with Gasteiger partial charge in [-0.15, -0.1) is 0 Å². The first-order chi connectivity index (χ1) is 17.5. The van der Waals surface area contributed by atoms with E-state index in [0.29, 0.717) is 35.9 Å². The second kappa shape index (κ2) is 9.65. The van der Waals surface area contributed by atoms with Crippen LogP contribution < -0.4 is 14.2 Å². The molecule has 36 heavy (non-hydrogen) atoms. The van der Waals surface area contributed by atoms with Gasteiger partial charge in [0.05, 0.1) is 33.1 Å². The van der Waals surface area contributed by atoms with Crippen molar-refractivity contribution in [2.24, 2.45) is 0 Å². The van der Waals surface area contributed by atoms with Gasteiger partial charge in [0.15, 0.2) is 11.5 Å². The van der Waals surface area contributed by atoms with Gasteiger partial charge >= 0.3 is 0 Å². The molecule has 0 aliphatic carbocycles. The van der Waals surface area contributed by atoms with Crippen LogP contribution in [0.3, 0.4) is 0 Å². The fourth-order valence-corrected chi connectivity index (χ4v) is 4.69. The zero-order valence-electron chi connectivity index (χ0n) is 20.3. The van der Waals surface area contributed by atoms with Crippen molar-refractivity contribution >= 4 is 5.91 Å². The van der Waals surface area contributed by atoms with Crippen LogP contribution >= 0.6 is 0 Å². The van der Waals surface area contributed by atoms with Crippen molar-refractivity contribution in [3.05, 3.63) is 89.1 Å². The Balaban J connectivity index is 1.51. The van der Waals surface area contributed by atoms with Gasteiger partial charge in [0.25, 0.3) is 5.91 Å². The predicted octanol–water partition coefficient (Wildman–Crippen LogP) is 4.60. The molecule has 1 aromatic heterocycles. The minimum atomic E-state index is -0.357. The fraction of sp³-hybridized carbons (Fsp3) is 0.214. The van der Waals surface area contributed by atoms with Gasteiger partial charge in [0.2, 0.25) is 0 Å². The zero-order chi connectivity index (χ0) is 25.2. The normalized spacial score (nSPS) is 14.6. The standard InChI is InChI=1S/C28H27N3O5/c1-34-21-11-7-18(8-12-21)25-24-26(30-29-25)28(33)31(27(24)19-5-9-20(32)10-6-19)15-14-17-4-13-22(35-2)23(16-17)36-3/h4-13,16,27,32H,14-15H2,1-3H3,(H,29,30). The number of benzene rings is 3. The smallest absolute Gasteiger partial charge is 0.273 e. The van der Waals surface area contributed by atoms with Gasteiger partial charge in [-0.2, -0.15) is 5.10 Å². The Morgan fingerprint density at radius 1 is 0.917 bits per heavy atom. The molecule has 8 heteroatoms. The van der Waals surface area contributed by atoms with E-state index in [9.17, 15) is 9.90 Å². The van der Waals surface area contributed by atoms with Crippen molar-refractivity contribution in [3.63, 3.8) is 0 Å². The lowest BCUT2D eigenvalue weighted by Gasteiger charge is -2.26. The summed E-state index contributed by atoms with van der Waals surface area (Å²) in [6, 6.07) is 20.0. The van der Waals surface area contributed by atoms with Crippen molar-refractivity contribution in [3.8, 4) is 34.3 Å². The number of carbonyl (C=O) groups excluding carboxylic acids is 1. The van der Waals surface area contributed by atoms with Gasteiger partial charge in [-0.1, -0.05) is 18.2 Å². The molecule has 184 valence electrons. The molecule has 1 aliphatic rings. The van der Waals surface area contributed by atoms with E-state index >= 15 is 0 Å². The molecule has 1 unspecified atom stereocenters. The summed E-state index contributed by atoms with van der Waals surface area (Å²) in [5.74, 6) is 2.10. The highest BCUT2D eigenvalue weighted by atomic mass is 16.5. The number of rotatable bonds is 8. The molecule has 8 nitrogen and oxygen atoms in total. The minimum absolute atomic E-state index is 0.115. The maximum absolute atomic E-state index is 13.6. The number of hydrogen-bond acceptors (Lipinski definition) is 6. The number of fused-ring (bicyclic) bond motifs is 1. The number of phenols is 1. The fourth-order valence-electron chi connectivity index (χ4n) is 4.69. The summed E-state index contributed by atoms with van der Waals surface area (Å²) in [6.45, 7) is 0.477. The van der Waals surface area contributed by atoms with Crippen LogP contribution in [0.25, 0.3) is 11.3 Å². The summed E-state index contributed by atoms with van der Waals surface area (Å²) < 4.78 is 16.1. The van der Waals surface area contributed by atoms with Gasteiger partial charge < -0.3 is 24.2 Å². The Bertz CT molecular complexity index is 1380. The molecular weight excluding hydrogens is 458 g/mol. The molecule has 0 bridgehead atoms. The summed E-state index contributed by atoms with van der Waals surface area (Å²) in [6.07, 6.45) is 0.621. The van der Waals surface area contributed by atoms with E-state index in [1.165, 1.54) is 0 Å². The molecule has 3 aromatic carbocycles. The number of nitrogens with zero attached hydrogens (tertiary/aromatic N) is 2. The molecule has 2 N–H and O–H groups in total. The van der Waals surface area contributed by atoms with E-state index in [4.69, 9.17) is 14.2 Å². The van der Waals surface area contributed by atoms with Gasteiger partial charge in [-0.3, -0.25) is 9.89 Å². The van der Waals surface area contributed by atoms with Crippen molar-refractivity contribution < 1.29 is 24.1 Å². The zero-order valence-corrected chi connectivity index (χ0v) is 20.3. The SMILES string of the molecule is COc1ccc(-c2n[nH]c3c2C(c2ccc(O)cc2)N(CCc2ccc(OC)c(OC)c2)C3=O)cc1. The Kier molecular flexibility index (Phi) is 6.25. The maximum Gasteiger partial charge on any atom is 0.273 e. The molecule has 0 saturated heterocycles. The average molecular weight is 486 g/mol. The van der Waals surface area contributed by atoms with Crippen LogP contribution in [0.1, 0.15) is 33.2 Å². The summed E-state index contributed by atoms with van der Waals surface area (Å²) in [4.78, 5) is 15.4. The van der Waals surface area contributed by atoms with Gasteiger partial charge in [-0.25, -0.2) is 0 Å². The number of H-pyrrole nitrogens is 1. The quantitative estimate of drug-likeness (QED) is 0.379. The largest absolute Gasteiger partial charge is 0.508 e. The van der Waals surface area contributed by atoms with E-state index in [1.807, 2.05) is 59.5 Å². The molecule has 5 rings (SSSR count). The Morgan fingerprint density at radius 2 is 1.64 bits per heavy atom. The number of phenolic OH excluding ortho intramolecular Hbond substituents is 1. The monoisotopic (exact) mass is 485 g/mol. The number of amides is 1. The number of carbonyl (C=O) groups is 1. The van der Waals surface area contributed by atoms with Gasteiger partial charge in [0.1, 0.15) is 17.2 Å². The first kappa shape index (κ1) is 23.3. The molecule has 1 aliphatic heterocycles. The third-order valence-electron chi connectivity index (χ3n) is 6.53. The maximum atomic E-state index is 13.6.